The van der Waals surface area contributed by atoms with Crippen molar-refractivity contribution in [2.45, 2.75) is 13.0 Å². The second kappa shape index (κ2) is 9.19. The number of nitrogens with one attached hydrogen (secondary N) is 2. The van der Waals surface area contributed by atoms with E-state index in [1.165, 1.54) is 6.07 Å². The molecule has 27 heavy (non-hydrogen) atoms. The van der Waals surface area contributed by atoms with Crippen molar-refractivity contribution in [1.82, 2.24) is 20.2 Å². The topological polar surface area (TPSA) is 54.2 Å². The maximum Gasteiger partial charge on any atom is 0.191 e. The highest BCUT2D eigenvalue weighted by Gasteiger charge is 2.06. The van der Waals surface area contributed by atoms with E-state index in [1.807, 2.05) is 30.3 Å². The second-order valence-electron chi connectivity index (χ2n) is 5.95. The van der Waals surface area contributed by atoms with Gasteiger partial charge in [0.1, 0.15) is 5.82 Å². The molecule has 0 atom stereocenters. The quantitative estimate of drug-likeness (QED) is 0.503. The standard InChI is InChI=1S/C20H21ClFN5/c1-23-20(25-9-8-16-4-2-3-5-17(16)21)26-13-15-6-7-19(18(22)12-15)27-11-10-24-14-27/h2-7,10-12,14H,8-9,13H2,1H3,(H2,23,25,26). The molecule has 0 spiro atoms. The van der Waals surface area contributed by atoms with Crippen molar-refractivity contribution in [1.29, 1.82) is 0 Å². The fourth-order valence-electron chi connectivity index (χ4n) is 2.69. The van der Waals surface area contributed by atoms with Gasteiger partial charge in [0.05, 0.1) is 12.0 Å². The Labute approximate surface area is 162 Å². The Balaban J connectivity index is 1.52. The zero-order valence-electron chi connectivity index (χ0n) is 15.0. The highest BCUT2D eigenvalue weighted by Crippen LogP contribution is 2.15. The van der Waals surface area contributed by atoms with Crippen LogP contribution in [0.4, 0.5) is 4.39 Å². The van der Waals surface area contributed by atoms with Crippen LogP contribution in [-0.4, -0.2) is 29.1 Å². The molecule has 5 nitrogen and oxygen atoms in total. The maximum atomic E-state index is 14.3. The first-order valence-electron chi connectivity index (χ1n) is 8.62. The summed E-state index contributed by atoms with van der Waals surface area (Å²) in [7, 11) is 1.70. The SMILES string of the molecule is CN=C(NCCc1ccccc1Cl)NCc1ccc(-n2ccnc2)c(F)c1. The van der Waals surface area contributed by atoms with E-state index in [0.29, 0.717) is 24.7 Å². The average Bonchev–Trinajstić information content (AvgIpc) is 3.20. The number of halogens is 2. The number of rotatable bonds is 6. The predicted octanol–water partition coefficient (Wildman–Crippen LogP) is 3.57. The van der Waals surface area contributed by atoms with Gasteiger partial charge in [-0.1, -0.05) is 35.9 Å². The van der Waals surface area contributed by atoms with Crippen molar-refractivity contribution in [3.63, 3.8) is 0 Å². The predicted molar refractivity (Wildman–Crippen MR) is 107 cm³/mol. The molecule has 0 radical (unpaired) electrons. The Morgan fingerprint density at radius 3 is 2.78 bits per heavy atom. The molecule has 0 saturated heterocycles. The summed E-state index contributed by atoms with van der Waals surface area (Å²) in [6.07, 6.45) is 5.68. The van der Waals surface area contributed by atoms with Crippen molar-refractivity contribution in [2.75, 3.05) is 13.6 Å². The van der Waals surface area contributed by atoms with E-state index in [1.54, 1.807) is 36.4 Å². The van der Waals surface area contributed by atoms with Crippen molar-refractivity contribution < 1.29 is 4.39 Å². The highest BCUT2D eigenvalue weighted by molar-refractivity contribution is 6.31. The van der Waals surface area contributed by atoms with Gasteiger partial charge in [0.15, 0.2) is 5.96 Å². The van der Waals surface area contributed by atoms with E-state index in [4.69, 9.17) is 11.6 Å². The summed E-state index contributed by atoms with van der Waals surface area (Å²) in [4.78, 5) is 8.13. The molecule has 0 amide bonds. The second-order valence-corrected chi connectivity index (χ2v) is 6.36. The molecular formula is C20H21ClFN5. The summed E-state index contributed by atoms with van der Waals surface area (Å²) in [5, 5.41) is 7.19. The number of aliphatic imine (C=N–C) groups is 1. The summed E-state index contributed by atoms with van der Waals surface area (Å²) in [6.45, 7) is 1.16. The van der Waals surface area contributed by atoms with Crippen LogP contribution < -0.4 is 10.6 Å². The molecule has 3 rings (SSSR count). The third-order valence-electron chi connectivity index (χ3n) is 4.12. The van der Waals surface area contributed by atoms with E-state index in [-0.39, 0.29) is 5.82 Å². The highest BCUT2D eigenvalue weighted by atomic mass is 35.5. The van der Waals surface area contributed by atoms with Gasteiger partial charge in [-0.15, -0.1) is 0 Å². The normalized spacial score (nSPS) is 11.4. The van der Waals surface area contributed by atoms with Gasteiger partial charge in [-0.2, -0.15) is 0 Å². The Kier molecular flexibility index (Phi) is 6.44. The fourth-order valence-corrected chi connectivity index (χ4v) is 2.92. The molecule has 2 N–H and O–H groups in total. The van der Waals surface area contributed by atoms with Gasteiger partial charge in [0.2, 0.25) is 0 Å². The zero-order valence-corrected chi connectivity index (χ0v) is 15.7. The molecule has 0 aliphatic rings. The average molecular weight is 386 g/mol. The molecule has 0 unspecified atom stereocenters. The van der Waals surface area contributed by atoms with Crippen LogP contribution in [0.1, 0.15) is 11.1 Å². The van der Waals surface area contributed by atoms with E-state index in [2.05, 4.69) is 20.6 Å². The van der Waals surface area contributed by atoms with E-state index < -0.39 is 0 Å². The fraction of sp³-hybridized carbons (Fsp3) is 0.200. The van der Waals surface area contributed by atoms with Crippen LogP contribution in [0, 0.1) is 5.82 Å². The minimum absolute atomic E-state index is 0.297. The molecule has 0 fully saturated rings. The first-order valence-corrected chi connectivity index (χ1v) is 9.00. The van der Waals surface area contributed by atoms with Crippen LogP contribution in [0.3, 0.4) is 0 Å². The van der Waals surface area contributed by atoms with E-state index >= 15 is 0 Å². The molecule has 0 aliphatic carbocycles. The van der Waals surface area contributed by atoms with E-state index in [0.717, 1.165) is 22.6 Å². The van der Waals surface area contributed by atoms with Gasteiger partial charge < -0.3 is 15.2 Å². The van der Waals surface area contributed by atoms with Gasteiger partial charge in [-0.3, -0.25) is 4.99 Å². The van der Waals surface area contributed by atoms with Crippen LogP contribution in [0.5, 0.6) is 0 Å². The zero-order chi connectivity index (χ0) is 19.1. The third-order valence-corrected chi connectivity index (χ3v) is 4.49. The Hall–Kier alpha value is -2.86. The van der Waals surface area contributed by atoms with E-state index in [9.17, 15) is 4.39 Å². The number of hydrogen-bond acceptors (Lipinski definition) is 2. The van der Waals surface area contributed by atoms with Crippen LogP contribution in [0.2, 0.25) is 5.02 Å². The largest absolute Gasteiger partial charge is 0.356 e. The smallest absolute Gasteiger partial charge is 0.191 e. The lowest BCUT2D eigenvalue weighted by atomic mass is 10.1. The lowest BCUT2D eigenvalue weighted by Gasteiger charge is -2.13. The molecule has 0 bridgehead atoms. The molecule has 7 heteroatoms. The maximum absolute atomic E-state index is 14.3. The van der Waals surface area contributed by atoms with Crippen LogP contribution in [0.15, 0.2) is 66.2 Å². The molecule has 2 aromatic carbocycles. The summed E-state index contributed by atoms with van der Waals surface area (Å²) < 4.78 is 16.0. The number of benzene rings is 2. The molecule has 140 valence electrons. The number of nitrogens with zero attached hydrogens (tertiary/aromatic N) is 3. The monoisotopic (exact) mass is 385 g/mol. The van der Waals surface area contributed by atoms with Gasteiger partial charge in [0.25, 0.3) is 0 Å². The third kappa shape index (κ3) is 5.08. The Bertz CT molecular complexity index is 908. The lowest BCUT2D eigenvalue weighted by Crippen LogP contribution is -2.37. The molecular weight excluding hydrogens is 365 g/mol. The van der Waals surface area contributed by atoms with Crippen molar-refractivity contribution in [2.24, 2.45) is 4.99 Å². The van der Waals surface area contributed by atoms with Gasteiger partial charge in [0, 0.05) is 37.6 Å². The van der Waals surface area contributed by atoms with Crippen molar-refractivity contribution >= 4 is 17.6 Å². The Morgan fingerprint density at radius 2 is 2.07 bits per heavy atom. The van der Waals surface area contributed by atoms with Gasteiger partial charge >= 0.3 is 0 Å². The molecule has 0 saturated carbocycles. The minimum Gasteiger partial charge on any atom is -0.356 e. The first-order chi connectivity index (χ1) is 13.2. The molecule has 3 aromatic rings. The number of hydrogen-bond donors (Lipinski definition) is 2. The molecule has 1 aromatic heterocycles. The number of aromatic nitrogens is 2. The van der Waals surface area contributed by atoms with Gasteiger partial charge in [-0.05, 0) is 35.7 Å². The van der Waals surface area contributed by atoms with Crippen molar-refractivity contribution in [3.8, 4) is 5.69 Å². The van der Waals surface area contributed by atoms with Gasteiger partial charge in [-0.25, -0.2) is 9.37 Å². The molecule has 0 aliphatic heterocycles. The number of guanidine groups is 1. The van der Waals surface area contributed by atoms with Crippen LogP contribution in [-0.2, 0) is 13.0 Å². The summed E-state index contributed by atoms with van der Waals surface area (Å²) in [5.74, 6) is 0.357. The summed E-state index contributed by atoms with van der Waals surface area (Å²) in [6, 6.07) is 12.9. The van der Waals surface area contributed by atoms with Crippen LogP contribution >= 0.6 is 11.6 Å². The molecule has 1 heterocycles. The summed E-state index contributed by atoms with van der Waals surface area (Å²) in [5.41, 5.74) is 2.38. The minimum atomic E-state index is -0.297. The van der Waals surface area contributed by atoms with Crippen LogP contribution in [0.25, 0.3) is 5.69 Å². The van der Waals surface area contributed by atoms with Crippen molar-refractivity contribution in [3.05, 3.63) is 83.2 Å². The first kappa shape index (κ1) is 18.9. The number of imidazole rings is 1. The Morgan fingerprint density at radius 1 is 1.22 bits per heavy atom. The lowest BCUT2D eigenvalue weighted by molar-refractivity contribution is 0.615. The summed E-state index contributed by atoms with van der Waals surface area (Å²) >= 11 is 6.16.